The Kier molecular flexibility index (Phi) is 6.41. The van der Waals surface area contributed by atoms with Gasteiger partial charge >= 0.3 is 0 Å². The van der Waals surface area contributed by atoms with E-state index in [1.807, 2.05) is 0 Å². The van der Waals surface area contributed by atoms with Gasteiger partial charge in [-0.2, -0.15) is 9.40 Å². The summed E-state index contributed by atoms with van der Waals surface area (Å²) in [6, 6.07) is 4.67. The van der Waals surface area contributed by atoms with Crippen molar-refractivity contribution in [2.45, 2.75) is 61.8 Å². The zero-order valence-electron chi connectivity index (χ0n) is 20.2. The number of methoxy groups -OCH3 is 1. The van der Waals surface area contributed by atoms with Crippen molar-refractivity contribution in [3.63, 3.8) is 0 Å². The molecule has 0 spiro atoms. The van der Waals surface area contributed by atoms with Gasteiger partial charge in [-0.15, -0.1) is 0 Å². The molecule has 3 heterocycles. The number of aromatic amines is 1. The molecule has 2 aromatic heterocycles. The van der Waals surface area contributed by atoms with Crippen molar-refractivity contribution < 1.29 is 13.2 Å². The van der Waals surface area contributed by atoms with Crippen LogP contribution < -0.4 is 16.0 Å². The van der Waals surface area contributed by atoms with Gasteiger partial charge in [-0.1, -0.05) is 19.3 Å². The van der Waals surface area contributed by atoms with E-state index in [1.54, 1.807) is 17.8 Å². The first-order valence-electron chi connectivity index (χ1n) is 12.2. The van der Waals surface area contributed by atoms with Gasteiger partial charge in [0.15, 0.2) is 5.65 Å². The number of nitrogens with one attached hydrogen (secondary N) is 1. The molecule has 0 unspecified atom stereocenters. The average molecular weight is 501 g/mol. The maximum atomic E-state index is 13.2. The highest BCUT2D eigenvalue weighted by atomic mass is 32.2. The molecule has 2 aliphatic rings. The third kappa shape index (κ3) is 4.36. The average Bonchev–Trinajstić information content (AvgIpc) is 3.21. The topological polar surface area (TPSA) is 136 Å². The largest absolute Gasteiger partial charge is 0.496 e. The molecule has 10 nitrogen and oxygen atoms in total. The van der Waals surface area contributed by atoms with E-state index >= 15 is 0 Å². The van der Waals surface area contributed by atoms with Crippen LogP contribution in [-0.4, -0.2) is 58.7 Å². The lowest BCUT2D eigenvalue weighted by Crippen LogP contribution is -2.42. The van der Waals surface area contributed by atoms with Crippen LogP contribution in [0.2, 0.25) is 0 Å². The third-order valence-electron chi connectivity index (χ3n) is 7.28. The summed E-state index contributed by atoms with van der Waals surface area (Å²) in [5.74, 6) is 0.895. The molecule has 0 radical (unpaired) electrons. The predicted octanol–water partition coefficient (Wildman–Crippen LogP) is 2.49. The maximum absolute atomic E-state index is 13.2. The highest BCUT2D eigenvalue weighted by Crippen LogP contribution is 2.36. The zero-order chi connectivity index (χ0) is 24.7. The SMILES string of the molecule is COc1cc(S(=O)(=O)N2CCC(N)CC2)ccc1-c1nc2c(c(C3CCCCC3)nn2C)c(=O)[nH]1. The van der Waals surface area contributed by atoms with Gasteiger partial charge < -0.3 is 15.5 Å². The Morgan fingerprint density at radius 1 is 1.11 bits per heavy atom. The lowest BCUT2D eigenvalue weighted by molar-refractivity contribution is 0.320. The van der Waals surface area contributed by atoms with E-state index in [4.69, 9.17) is 15.5 Å². The van der Waals surface area contributed by atoms with Gasteiger partial charge in [0.25, 0.3) is 5.56 Å². The molecule has 0 bridgehead atoms. The van der Waals surface area contributed by atoms with E-state index < -0.39 is 10.0 Å². The first-order chi connectivity index (χ1) is 16.8. The summed E-state index contributed by atoms with van der Waals surface area (Å²) < 4.78 is 35.0. The maximum Gasteiger partial charge on any atom is 0.262 e. The number of sulfonamides is 1. The number of nitrogens with two attached hydrogens (primary N) is 1. The molecule has 1 saturated carbocycles. The summed E-state index contributed by atoms with van der Waals surface area (Å²) in [6.07, 6.45) is 6.82. The second-order valence-corrected chi connectivity index (χ2v) is 11.5. The Bertz CT molecular complexity index is 1400. The minimum absolute atomic E-state index is 0.0295. The van der Waals surface area contributed by atoms with Crippen LogP contribution in [0.3, 0.4) is 0 Å². The molecule has 5 rings (SSSR count). The molecule has 1 saturated heterocycles. The number of aromatic nitrogens is 4. The molecule has 3 N–H and O–H groups in total. The van der Waals surface area contributed by atoms with Crippen LogP contribution in [0.1, 0.15) is 56.6 Å². The molecule has 35 heavy (non-hydrogen) atoms. The first-order valence-corrected chi connectivity index (χ1v) is 13.6. The Labute approximate surface area is 204 Å². The van der Waals surface area contributed by atoms with Crippen LogP contribution in [0.5, 0.6) is 5.75 Å². The van der Waals surface area contributed by atoms with Gasteiger partial charge in [0.2, 0.25) is 10.0 Å². The monoisotopic (exact) mass is 500 g/mol. The van der Waals surface area contributed by atoms with Gasteiger partial charge in [-0.05, 0) is 37.8 Å². The fraction of sp³-hybridized carbons (Fsp3) is 0.542. The van der Waals surface area contributed by atoms with Gasteiger partial charge in [0.1, 0.15) is 17.0 Å². The normalized spacial score (nSPS) is 18.8. The Morgan fingerprint density at radius 2 is 1.83 bits per heavy atom. The van der Waals surface area contributed by atoms with Gasteiger partial charge in [0, 0.05) is 38.2 Å². The molecular formula is C24H32N6O4S. The number of nitrogens with zero attached hydrogens (tertiary/aromatic N) is 4. The fourth-order valence-electron chi connectivity index (χ4n) is 5.27. The Morgan fingerprint density at radius 3 is 2.51 bits per heavy atom. The van der Waals surface area contributed by atoms with E-state index in [2.05, 4.69) is 10.1 Å². The first kappa shape index (κ1) is 24.0. The second kappa shape index (κ2) is 9.36. The van der Waals surface area contributed by atoms with Gasteiger partial charge in [0.05, 0.1) is 23.3 Å². The lowest BCUT2D eigenvalue weighted by Gasteiger charge is -2.29. The van der Waals surface area contributed by atoms with Crippen LogP contribution in [0.4, 0.5) is 0 Å². The molecule has 0 atom stereocenters. The summed E-state index contributed by atoms with van der Waals surface area (Å²) in [4.78, 5) is 20.9. The standard InChI is InChI=1S/C24H32N6O4S/c1-29-23-20(21(28-29)15-6-4-3-5-7-15)24(31)27-22(26-23)18-9-8-17(14-19(18)34-2)35(32,33)30-12-10-16(25)11-13-30/h8-9,14-16H,3-7,10-13,25H2,1-2H3,(H,26,27,31). The summed E-state index contributed by atoms with van der Waals surface area (Å²) in [5.41, 5.74) is 7.51. The fourth-order valence-corrected chi connectivity index (χ4v) is 6.75. The second-order valence-electron chi connectivity index (χ2n) is 9.56. The molecule has 188 valence electrons. The number of piperidine rings is 1. The molecule has 11 heteroatoms. The molecule has 2 fully saturated rings. The van der Waals surface area contributed by atoms with Crippen LogP contribution in [0.15, 0.2) is 27.9 Å². The minimum Gasteiger partial charge on any atom is -0.496 e. The van der Waals surface area contributed by atoms with Crippen LogP contribution in [-0.2, 0) is 17.1 Å². The lowest BCUT2D eigenvalue weighted by atomic mass is 9.86. The quantitative estimate of drug-likeness (QED) is 0.549. The van der Waals surface area contributed by atoms with Crippen molar-refractivity contribution in [3.8, 4) is 17.1 Å². The van der Waals surface area contributed by atoms with E-state index in [9.17, 15) is 13.2 Å². The number of fused-ring (bicyclic) bond motifs is 1. The summed E-state index contributed by atoms with van der Waals surface area (Å²) in [6.45, 7) is 0.784. The number of benzene rings is 1. The highest BCUT2D eigenvalue weighted by Gasteiger charge is 2.30. The number of hydrogen-bond donors (Lipinski definition) is 2. The van der Waals surface area contributed by atoms with E-state index in [0.717, 1.165) is 31.4 Å². The molecule has 1 aliphatic carbocycles. The van der Waals surface area contributed by atoms with Gasteiger partial charge in [-0.25, -0.2) is 18.1 Å². The minimum atomic E-state index is -3.68. The van der Waals surface area contributed by atoms with Crippen LogP contribution in [0, 0.1) is 0 Å². The van der Waals surface area contributed by atoms with Crippen molar-refractivity contribution in [2.24, 2.45) is 12.8 Å². The van der Waals surface area contributed by atoms with E-state index in [-0.39, 0.29) is 22.4 Å². The smallest absolute Gasteiger partial charge is 0.262 e. The summed E-state index contributed by atoms with van der Waals surface area (Å²) in [7, 11) is -0.421. The summed E-state index contributed by atoms with van der Waals surface area (Å²) >= 11 is 0. The number of rotatable bonds is 5. The molecule has 3 aromatic rings. The highest BCUT2D eigenvalue weighted by molar-refractivity contribution is 7.89. The number of hydrogen-bond acceptors (Lipinski definition) is 7. The van der Waals surface area contributed by atoms with Crippen molar-refractivity contribution >= 4 is 21.1 Å². The number of ether oxygens (including phenoxy) is 1. The third-order valence-corrected chi connectivity index (χ3v) is 9.17. The van der Waals surface area contributed by atoms with Crippen LogP contribution in [0.25, 0.3) is 22.4 Å². The van der Waals surface area contributed by atoms with Crippen molar-refractivity contribution in [1.29, 1.82) is 0 Å². The predicted molar refractivity (Wildman–Crippen MR) is 133 cm³/mol. The Hall–Kier alpha value is -2.76. The van der Waals surface area contributed by atoms with Gasteiger partial charge in [-0.3, -0.25) is 4.79 Å². The van der Waals surface area contributed by atoms with Crippen molar-refractivity contribution in [3.05, 3.63) is 34.2 Å². The van der Waals surface area contributed by atoms with E-state index in [0.29, 0.717) is 54.1 Å². The van der Waals surface area contributed by atoms with Crippen molar-refractivity contribution in [2.75, 3.05) is 20.2 Å². The van der Waals surface area contributed by atoms with E-state index in [1.165, 1.54) is 30.0 Å². The molecule has 1 aromatic carbocycles. The number of H-pyrrole nitrogens is 1. The molecule has 0 amide bonds. The van der Waals surface area contributed by atoms with Crippen molar-refractivity contribution in [1.82, 2.24) is 24.1 Å². The van der Waals surface area contributed by atoms with Crippen LogP contribution >= 0.6 is 0 Å². The molecular weight excluding hydrogens is 468 g/mol. The number of aryl methyl sites for hydroxylation is 1. The molecule has 1 aliphatic heterocycles. The Balaban J connectivity index is 1.53. The zero-order valence-corrected chi connectivity index (χ0v) is 21.0. The summed E-state index contributed by atoms with van der Waals surface area (Å²) in [5, 5.41) is 5.20.